The van der Waals surface area contributed by atoms with Crippen molar-refractivity contribution in [2.45, 2.75) is 26.3 Å². The summed E-state index contributed by atoms with van der Waals surface area (Å²) < 4.78 is 0. The van der Waals surface area contributed by atoms with E-state index in [1.165, 1.54) is 0 Å². The van der Waals surface area contributed by atoms with E-state index in [0.717, 1.165) is 11.1 Å². The maximum Gasteiger partial charge on any atom is 0.321 e. The van der Waals surface area contributed by atoms with E-state index in [2.05, 4.69) is 10.6 Å². The Morgan fingerprint density at radius 3 is 2.35 bits per heavy atom. The van der Waals surface area contributed by atoms with Crippen LogP contribution in [0.15, 0.2) is 18.2 Å². The highest BCUT2D eigenvalue weighted by molar-refractivity contribution is 5.95. The Hall–Kier alpha value is -1.92. The molecule has 1 amide bonds. The fourth-order valence-corrected chi connectivity index (χ4v) is 1.87. The van der Waals surface area contributed by atoms with Crippen molar-refractivity contribution in [2.24, 2.45) is 0 Å². The second-order valence-corrected chi connectivity index (χ2v) is 4.59. The molecule has 0 radical (unpaired) electrons. The van der Waals surface area contributed by atoms with Crippen molar-refractivity contribution in [1.29, 1.82) is 0 Å². The molecular weight excluding hydrogens is 260 g/mol. The van der Waals surface area contributed by atoms with Gasteiger partial charge in [-0.15, -0.1) is 0 Å². The number of aliphatic carboxylic acids is 1. The molecule has 0 saturated carbocycles. The third-order valence-corrected chi connectivity index (χ3v) is 2.94. The van der Waals surface area contributed by atoms with Crippen LogP contribution in [0.1, 0.15) is 17.5 Å². The smallest absolute Gasteiger partial charge is 0.321 e. The Labute approximate surface area is 117 Å². The van der Waals surface area contributed by atoms with E-state index in [0.29, 0.717) is 5.69 Å². The molecule has 0 fully saturated rings. The summed E-state index contributed by atoms with van der Waals surface area (Å²) >= 11 is 0. The molecule has 6 heteroatoms. The Balaban J connectivity index is 2.68. The lowest BCUT2D eigenvalue weighted by atomic mass is 10.1. The summed E-state index contributed by atoms with van der Waals surface area (Å²) in [7, 11) is 0. The van der Waals surface area contributed by atoms with Gasteiger partial charge in [-0.25, -0.2) is 0 Å². The fourth-order valence-electron chi connectivity index (χ4n) is 1.87. The minimum absolute atomic E-state index is 0.133. The van der Waals surface area contributed by atoms with Crippen LogP contribution in [0.2, 0.25) is 0 Å². The number of benzene rings is 1. The lowest BCUT2D eigenvalue weighted by Gasteiger charge is -2.15. The second-order valence-electron chi connectivity index (χ2n) is 4.59. The number of anilines is 1. The average molecular weight is 280 g/mol. The van der Waals surface area contributed by atoms with Gasteiger partial charge >= 0.3 is 5.97 Å². The molecule has 0 saturated heterocycles. The molecule has 0 bridgehead atoms. The van der Waals surface area contributed by atoms with Crippen molar-refractivity contribution >= 4 is 17.6 Å². The molecule has 1 atom stereocenters. The fraction of sp³-hybridized carbons (Fsp3) is 0.429. The predicted octanol–water partition coefficient (Wildman–Crippen LogP) is 0.667. The van der Waals surface area contributed by atoms with Crippen LogP contribution in [0.25, 0.3) is 0 Å². The molecule has 0 aliphatic rings. The van der Waals surface area contributed by atoms with Gasteiger partial charge in [0.05, 0.1) is 13.0 Å². The van der Waals surface area contributed by atoms with E-state index in [9.17, 15) is 9.59 Å². The highest BCUT2D eigenvalue weighted by Crippen LogP contribution is 2.19. The first-order valence-electron chi connectivity index (χ1n) is 6.38. The van der Waals surface area contributed by atoms with E-state index in [-0.39, 0.29) is 25.5 Å². The molecule has 0 aromatic heterocycles. The normalized spacial score (nSPS) is 11.9. The zero-order chi connectivity index (χ0) is 15.1. The van der Waals surface area contributed by atoms with Gasteiger partial charge in [-0.05, 0) is 25.0 Å². The maximum absolute atomic E-state index is 11.9. The number of carboxylic acid groups (broad SMARTS) is 1. The van der Waals surface area contributed by atoms with Crippen LogP contribution in [0, 0.1) is 13.8 Å². The van der Waals surface area contributed by atoms with Gasteiger partial charge in [0.2, 0.25) is 5.91 Å². The maximum atomic E-state index is 11.9. The third-order valence-electron chi connectivity index (χ3n) is 2.94. The van der Waals surface area contributed by atoms with Crippen LogP contribution in [0.5, 0.6) is 0 Å². The number of aliphatic hydroxyl groups is 1. The number of nitrogens with one attached hydrogen (secondary N) is 2. The molecule has 6 nitrogen and oxygen atoms in total. The number of hydrogen-bond donors (Lipinski definition) is 4. The van der Waals surface area contributed by atoms with Gasteiger partial charge in [0.1, 0.15) is 6.04 Å². The molecule has 20 heavy (non-hydrogen) atoms. The number of carboxylic acids is 1. The van der Waals surface area contributed by atoms with Crippen molar-refractivity contribution in [2.75, 3.05) is 18.5 Å². The minimum Gasteiger partial charge on any atom is -0.480 e. The SMILES string of the molecule is Cc1cccc(C)c1NC(=O)C[C@@H](NCCO)C(=O)O. The molecule has 110 valence electrons. The minimum atomic E-state index is -1.12. The molecule has 1 aromatic carbocycles. The lowest BCUT2D eigenvalue weighted by Crippen LogP contribution is -2.41. The molecule has 0 unspecified atom stereocenters. The summed E-state index contributed by atoms with van der Waals surface area (Å²) in [6, 6.07) is 4.64. The van der Waals surface area contributed by atoms with E-state index < -0.39 is 12.0 Å². The number of aliphatic hydroxyl groups excluding tert-OH is 1. The summed E-state index contributed by atoms with van der Waals surface area (Å²) in [4.78, 5) is 22.9. The van der Waals surface area contributed by atoms with Gasteiger partial charge in [0.25, 0.3) is 0 Å². The van der Waals surface area contributed by atoms with Gasteiger partial charge in [-0.3, -0.25) is 9.59 Å². The molecule has 0 spiro atoms. The molecule has 4 N–H and O–H groups in total. The Morgan fingerprint density at radius 1 is 1.25 bits per heavy atom. The number of hydrogen-bond acceptors (Lipinski definition) is 4. The predicted molar refractivity (Wildman–Crippen MR) is 75.7 cm³/mol. The molecule has 0 heterocycles. The zero-order valence-corrected chi connectivity index (χ0v) is 11.6. The molecule has 0 aliphatic heterocycles. The van der Waals surface area contributed by atoms with Gasteiger partial charge in [0, 0.05) is 12.2 Å². The summed E-state index contributed by atoms with van der Waals surface area (Å²) in [5, 5.41) is 23.0. The summed E-state index contributed by atoms with van der Waals surface area (Å²) in [5.41, 5.74) is 2.56. The van der Waals surface area contributed by atoms with Crippen LogP contribution >= 0.6 is 0 Å². The van der Waals surface area contributed by atoms with Gasteiger partial charge in [-0.2, -0.15) is 0 Å². The van der Waals surface area contributed by atoms with Crippen LogP contribution in [-0.2, 0) is 9.59 Å². The molecular formula is C14H20N2O4. The summed E-state index contributed by atoms with van der Waals surface area (Å²) in [5.74, 6) is -1.49. The number of amides is 1. The van der Waals surface area contributed by atoms with E-state index in [4.69, 9.17) is 10.2 Å². The van der Waals surface area contributed by atoms with Crippen LogP contribution < -0.4 is 10.6 Å². The first kappa shape index (κ1) is 16.1. The van der Waals surface area contributed by atoms with E-state index in [1.807, 2.05) is 32.0 Å². The number of para-hydroxylation sites is 1. The third kappa shape index (κ3) is 4.64. The van der Waals surface area contributed by atoms with Crippen LogP contribution in [0.3, 0.4) is 0 Å². The number of aryl methyl sites for hydroxylation is 2. The van der Waals surface area contributed by atoms with Crippen molar-refractivity contribution in [3.8, 4) is 0 Å². The molecule has 1 aromatic rings. The highest BCUT2D eigenvalue weighted by atomic mass is 16.4. The lowest BCUT2D eigenvalue weighted by molar-refractivity contribution is -0.141. The summed E-state index contributed by atoms with van der Waals surface area (Å²) in [6.07, 6.45) is -0.191. The van der Waals surface area contributed by atoms with Gasteiger partial charge in [0.15, 0.2) is 0 Å². The number of carbonyl (C=O) groups is 2. The number of carbonyl (C=O) groups excluding carboxylic acids is 1. The standard InChI is InChI=1S/C14H20N2O4/c1-9-4-3-5-10(2)13(9)16-12(18)8-11(14(19)20)15-6-7-17/h3-5,11,15,17H,6-8H2,1-2H3,(H,16,18)(H,19,20)/t11-/m1/s1. The molecule has 0 aliphatic carbocycles. The van der Waals surface area contributed by atoms with Gasteiger partial charge < -0.3 is 20.8 Å². The summed E-state index contributed by atoms with van der Waals surface area (Å²) in [6.45, 7) is 3.71. The topological polar surface area (TPSA) is 98.7 Å². The first-order chi connectivity index (χ1) is 9.45. The van der Waals surface area contributed by atoms with Gasteiger partial charge in [-0.1, -0.05) is 18.2 Å². The van der Waals surface area contributed by atoms with Crippen LogP contribution in [-0.4, -0.2) is 41.3 Å². The Kier molecular flexibility index (Phi) is 6.14. The average Bonchev–Trinajstić information content (AvgIpc) is 2.38. The van der Waals surface area contributed by atoms with Crippen LogP contribution in [0.4, 0.5) is 5.69 Å². The van der Waals surface area contributed by atoms with Crippen molar-refractivity contribution in [1.82, 2.24) is 5.32 Å². The Bertz CT molecular complexity index is 468. The Morgan fingerprint density at radius 2 is 1.85 bits per heavy atom. The van der Waals surface area contributed by atoms with Crippen molar-refractivity contribution in [3.05, 3.63) is 29.3 Å². The zero-order valence-electron chi connectivity index (χ0n) is 11.6. The van der Waals surface area contributed by atoms with E-state index >= 15 is 0 Å². The monoisotopic (exact) mass is 280 g/mol. The first-order valence-corrected chi connectivity index (χ1v) is 6.38. The molecule has 1 rings (SSSR count). The largest absolute Gasteiger partial charge is 0.480 e. The second kappa shape index (κ2) is 7.62. The quantitative estimate of drug-likeness (QED) is 0.588. The van der Waals surface area contributed by atoms with E-state index in [1.54, 1.807) is 0 Å². The number of rotatable bonds is 7. The van der Waals surface area contributed by atoms with Crippen molar-refractivity contribution in [3.63, 3.8) is 0 Å². The van der Waals surface area contributed by atoms with Crippen molar-refractivity contribution < 1.29 is 19.8 Å². The highest BCUT2D eigenvalue weighted by Gasteiger charge is 2.20.